The zero-order chi connectivity index (χ0) is 15.9. The van der Waals surface area contributed by atoms with Crippen molar-refractivity contribution in [2.24, 2.45) is 0 Å². The van der Waals surface area contributed by atoms with Crippen LogP contribution in [0.1, 0.15) is 57.9 Å². The van der Waals surface area contributed by atoms with E-state index in [1.54, 1.807) is 7.11 Å². The summed E-state index contributed by atoms with van der Waals surface area (Å²) in [5.74, 6) is 1.66. The summed E-state index contributed by atoms with van der Waals surface area (Å²) >= 11 is 3.67. The second-order valence-electron chi connectivity index (χ2n) is 6.29. The van der Waals surface area contributed by atoms with Crippen molar-refractivity contribution in [2.45, 2.75) is 71.1 Å². The van der Waals surface area contributed by atoms with Crippen LogP contribution >= 0.6 is 15.9 Å². The van der Waals surface area contributed by atoms with E-state index in [2.05, 4.69) is 21.2 Å². The first-order chi connectivity index (χ1) is 10.6. The number of halogens is 1. The average molecular weight is 370 g/mol. The van der Waals surface area contributed by atoms with Crippen LogP contribution in [-0.4, -0.2) is 19.3 Å². The molecular formula is C18H28BrNO2. The van der Waals surface area contributed by atoms with Crippen molar-refractivity contribution in [1.29, 1.82) is 0 Å². The van der Waals surface area contributed by atoms with E-state index in [0.29, 0.717) is 6.04 Å². The number of methoxy groups -OCH3 is 1. The Morgan fingerprint density at radius 2 is 1.86 bits per heavy atom. The van der Waals surface area contributed by atoms with Crippen LogP contribution in [0.15, 0.2) is 16.6 Å². The van der Waals surface area contributed by atoms with Crippen molar-refractivity contribution in [3.05, 3.63) is 22.2 Å². The standard InChI is InChI=1S/C18H28BrNO2/c1-13(2)22-18-15(16(19)10-11-17(18)21-3)12-20-14-8-6-4-5-7-9-14/h10-11,13-14,20H,4-9,12H2,1-3H3. The maximum Gasteiger partial charge on any atom is 0.167 e. The van der Waals surface area contributed by atoms with Crippen LogP contribution in [0.2, 0.25) is 0 Å². The second kappa shape index (κ2) is 8.78. The molecule has 0 radical (unpaired) electrons. The van der Waals surface area contributed by atoms with Gasteiger partial charge in [0.25, 0.3) is 0 Å². The Morgan fingerprint density at radius 1 is 1.18 bits per heavy atom. The minimum atomic E-state index is 0.125. The van der Waals surface area contributed by atoms with Gasteiger partial charge in [-0.1, -0.05) is 41.6 Å². The molecule has 0 aromatic heterocycles. The largest absolute Gasteiger partial charge is 0.493 e. The smallest absolute Gasteiger partial charge is 0.167 e. The first-order valence-electron chi connectivity index (χ1n) is 8.37. The molecular weight excluding hydrogens is 342 g/mol. The van der Waals surface area contributed by atoms with Gasteiger partial charge in [0, 0.05) is 22.6 Å². The molecule has 2 rings (SSSR count). The lowest BCUT2D eigenvalue weighted by Gasteiger charge is -2.21. The lowest BCUT2D eigenvalue weighted by molar-refractivity contribution is 0.226. The summed E-state index contributed by atoms with van der Waals surface area (Å²) in [6, 6.07) is 4.61. The highest BCUT2D eigenvalue weighted by atomic mass is 79.9. The van der Waals surface area contributed by atoms with Crippen molar-refractivity contribution in [3.63, 3.8) is 0 Å². The summed E-state index contributed by atoms with van der Waals surface area (Å²) in [4.78, 5) is 0. The molecule has 0 saturated heterocycles. The minimum absolute atomic E-state index is 0.125. The summed E-state index contributed by atoms with van der Waals surface area (Å²) in [5.41, 5.74) is 1.15. The van der Waals surface area contributed by atoms with Gasteiger partial charge in [-0.15, -0.1) is 0 Å². The molecule has 4 heteroatoms. The number of hydrogen-bond acceptors (Lipinski definition) is 3. The number of benzene rings is 1. The summed E-state index contributed by atoms with van der Waals surface area (Å²) in [7, 11) is 1.69. The lowest BCUT2D eigenvalue weighted by Crippen LogP contribution is -2.28. The van der Waals surface area contributed by atoms with Gasteiger partial charge in [-0.25, -0.2) is 0 Å². The normalized spacial score (nSPS) is 16.6. The average Bonchev–Trinajstić information content (AvgIpc) is 2.75. The van der Waals surface area contributed by atoms with Gasteiger partial charge in [0.05, 0.1) is 13.2 Å². The summed E-state index contributed by atoms with van der Waals surface area (Å²) < 4.78 is 12.6. The Morgan fingerprint density at radius 3 is 2.45 bits per heavy atom. The predicted octanol–water partition coefficient (Wildman–Crippen LogP) is 5.06. The van der Waals surface area contributed by atoms with Crippen molar-refractivity contribution in [2.75, 3.05) is 7.11 Å². The van der Waals surface area contributed by atoms with Crippen LogP contribution < -0.4 is 14.8 Å². The maximum atomic E-state index is 6.02. The molecule has 1 N–H and O–H groups in total. The highest BCUT2D eigenvalue weighted by Crippen LogP contribution is 2.37. The van der Waals surface area contributed by atoms with Gasteiger partial charge in [0.2, 0.25) is 0 Å². The van der Waals surface area contributed by atoms with Crippen molar-refractivity contribution in [3.8, 4) is 11.5 Å². The van der Waals surface area contributed by atoms with Crippen LogP contribution in [0.4, 0.5) is 0 Å². The molecule has 0 heterocycles. The van der Waals surface area contributed by atoms with Gasteiger partial charge in [0.15, 0.2) is 11.5 Å². The van der Waals surface area contributed by atoms with Crippen molar-refractivity contribution >= 4 is 15.9 Å². The molecule has 0 aliphatic heterocycles. The van der Waals surface area contributed by atoms with Gasteiger partial charge in [0.1, 0.15) is 0 Å². The van der Waals surface area contributed by atoms with Gasteiger partial charge in [-0.3, -0.25) is 0 Å². The highest BCUT2D eigenvalue weighted by molar-refractivity contribution is 9.10. The number of ether oxygens (including phenoxy) is 2. The fourth-order valence-electron chi connectivity index (χ4n) is 3.00. The van der Waals surface area contributed by atoms with E-state index in [0.717, 1.165) is 28.1 Å². The van der Waals surface area contributed by atoms with E-state index in [9.17, 15) is 0 Å². The first-order valence-corrected chi connectivity index (χ1v) is 9.16. The van der Waals surface area contributed by atoms with E-state index in [-0.39, 0.29) is 6.10 Å². The Hall–Kier alpha value is -0.740. The van der Waals surface area contributed by atoms with E-state index in [1.165, 1.54) is 38.5 Å². The molecule has 1 aliphatic rings. The molecule has 1 aliphatic carbocycles. The quantitative estimate of drug-likeness (QED) is 0.711. The van der Waals surface area contributed by atoms with E-state index >= 15 is 0 Å². The van der Waals surface area contributed by atoms with Crippen LogP contribution in [0.5, 0.6) is 11.5 Å². The third kappa shape index (κ3) is 4.88. The molecule has 0 atom stereocenters. The monoisotopic (exact) mass is 369 g/mol. The van der Waals surface area contributed by atoms with Crippen molar-refractivity contribution < 1.29 is 9.47 Å². The Balaban J connectivity index is 2.13. The van der Waals surface area contributed by atoms with Crippen LogP contribution in [0, 0.1) is 0 Å². The van der Waals surface area contributed by atoms with Gasteiger partial charge < -0.3 is 14.8 Å². The Labute approximate surface area is 142 Å². The number of hydrogen-bond donors (Lipinski definition) is 1. The topological polar surface area (TPSA) is 30.5 Å². The minimum Gasteiger partial charge on any atom is -0.493 e. The molecule has 0 spiro atoms. The molecule has 1 aromatic rings. The van der Waals surface area contributed by atoms with E-state index < -0.39 is 0 Å². The SMILES string of the molecule is COc1ccc(Br)c(CNC2CCCCCC2)c1OC(C)C. The zero-order valence-corrected chi connectivity index (χ0v) is 15.5. The summed E-state index contributed by atoms with van der Waals surface area (Å²) in [6.45, 7) is 4.90. The fraction of sp³-hybridized carbons (Fsp3) is 0.667. The number of nitrogens with one attached hydrogen (secondary N) is 1. The molecule has 22 heavy (non-hydrogen) atoms. The van der Waals surface area contributed by atoms with E-state index in [1.807, 2.05) is 26.0 Å². The predicted molar refractivity (Wildman–Crippen MR) is 94.8 cm³/mol. The molecule has 0 bridgehead atoms. The molecule has 0 unspecified atom stereocenters. The highest BCUT2D eigenvalue weighted by Gasteiger charge is 2.18. The molecule has 1 fully saturated rings. The van der Waals surface area contributed by atoms with Gasteiger partial charge in [-0.05, 0) is 38.8 Å². The molecule has 1 saturated carbocycles. The van der Waals surface area contributed by atoms with Crippen LogP contribution in [-0.2, 0) is 6.54 Å². The molecule has 0 amide bonds. The lowest BCUT2D eigenvalue weighted by atomic mass is 10.1. The summed E-state index contributed by atoms with van der Waals surface area (Å²) in [5, 5.41) is 3.72. The number of rotatable bonds is 6. The van der Waals surface area contributed by atoms with Crippen LogP contribution in [0.25, 0.3) is 0 Å². The summed E-state index contributed by atoms with van der Waals surface area (Å²) in [6.07, 6.45) is 8.12. The Kier molecular flexibility index (Phi) is 7.03. The fourth-order valence-corrected chi connectivity index (χ4v) is 3.45. The van der Waals surface area contributed by atoms with Gasteiger partial charge >= 0.3 is 0 Å². The Bertz CT molecular complexity index is 468. The molecule has 1 aromatic carbocycles. The third-order valence-corrected chi connectivity index (χ3v) is 4.91. The second-order valence-corrected chi connectivity index (χ2v) is 7.15. The van der Waals surface area contributed by atoms with E-state index in [4.69, 9.17) is 9.47 Å². The third-order valence-electron chi connectivity index (χ3n) is 4.16. The first kappa shape index (κ1) is 17.6. The maximum absolute atomic E-state index is 6.02. The van der Waals surface area contributed by atoms with Crippen LogP contribution in [0.3, 0.4) is 0 Å². The molecule has 124 valence electrons. The van der Waals surface area contributed by atoms with Crippen molar-refractivity contribution in [1.82, 2.24) is 5.32 Å². The molecule has 3 nitrogen and oxygen atoms in total. The zero-order valence-electron chi connectivity index (χ0n) is 14.0. The van der Waals surface area contributed by atoms with Gasteiger partial charge in [-0.2, -0.15) is 0 Å².